The van der Waals surface area contributed by atoms with E-state index in [4.69, 9.17) is 23.2 Å². The Labute approximate surface area is 175 Å². The first kappa shape index (κ1) is 21.0. The lowest BCUT2D eigenvalue weighted by molar-refractivity contribution is 0.242. The van der Waals surface area contributed by atoms with Gasteiger partial charge >= 0.3 is 6.03 Å². The van der Waals surface area contributed by atoms with Crippen LogP contribution in [0.5, 0.6) is 0 Å². The van der Waals surface area contributed by atoms with E-state index in [2.05, 4.69) is 25.9 Å². The average Bonchev–Trinajstić information content (AvgIpc) is 2.71. The zero-order chi connectivity index (χ0) is 20.8. The van der Waals surface area contributed by atoms with Crippen LogP contribution in [0.1, 0.15) is 0 Å². The molecule has 2 aromatic carbocycles. The van der Waals surface area contributed by atoms with E-state index in [1.54, 1.807) is 6.07 Å². The van der Waals surface area contributed by atoms with Crippen molar-refractivity contribution >= 4 is 46.0 Å². The molecule has 3 N–H and O–H groups in total. The van der Waals surface area contributed by atoms with Gasteiger partial charge in [0.1, 0.15) is 23.5 Å². The first-order valence-electron chi connectivity index (χ1n) is 8.72. The lowest BCUT2D eigenvalue weighted by Gasteiger charge is -2.13. The molecule has 0 saturated carbocycles. The normalized spacial score (nSPS) is 10.8. The minimum atomic E-state index is -0.735. The van der Waals surface area contributed by atoms with E-state index >= 15 is 4.39 Å². The van der Waals surface area contributed by atoms with Crippen molar-refractivity contribution in [3.63, 3.8) is 0 Å². The van der Waals surface area contributed by atoms with Crippen LogP contribution in [0, 0.1) is 11.6 Å². The van der Waals surface area contributed by atoms with E-state index in [9.17, 15) is 9.18 Å². The summed E-state index contributed by atoms with van der Waals surface area (Å²) >= 11 is 11.8. The zero-order valence-electron chi connectivity index (χ0n) is 15.1. The average molecular weight is 440 g/mol. The summed E-state index contributed by atoms with van der Waals surface area (Å²) < 4.78 is 29.3. The van der Waals surface area contributed by atoms with Gasteiger partial charge in [0.15, 0.2) is 5.82 Å². The Morgan fingerprint density at radius 3 is 2.59 bits per heavy atom. The molecule has 0 aliphatic rings. The van der Waals surface area contributed by atoms with E-state index in [0.717, 1.165) is 0 Å². The fourth-order valence-corrected chi connectivity index (χ4v) is 3.15. The van der Waals surface area contributed by atoms with E-state index < -0.39 is 11.6 Å². The molecule has 0 aliphatic heterocycles. The predicted octanol–water partition coefficient (Wildman–Crippen LogP) is 4.18. The molecule has 29 heavy (non-hydrogen) atoms. The summed E-state index contributed by atoms with van der Waals surface area (Å²) in [5.74, 6) is -0.654. The molecule has 3 aromatic rings. The molecule has 3 rings (SSSR count). The molecule has 0 spiro atoms. The molecule has 152 valence electrons. The summed E-state index contributed by atoms with van der Waals surface area (Å²) in [4.78, 5) is 19.6. The largest absolute Gasteiger partial charge is 0.368 e. The highest BCUT2D eigenvalue weighted by Crippen LogP contribution is 2.37. The minimum absolute atomic E-state index is 0.0120. The maximum absolute atomic E-state index is 15.1. The number of hydrogen-bond acceptors (Lipinski definition) is 4. The maximum atomic E-state index is 15.1. The molecule has 1 heterocycles. The SMILES string of the molecule is O=C(NCCCl)NCCNc1ncnc2c(F)c(-c3ccccc3F)c(Cl)cc12. The van der Waals surface area contributed by atoms with Gasteiger partial charge in [-0.05, 0) is 12.1 Å². The Balaban J connectivity index is 1.83. The highest BCUT2D eigenvalue weighted by molar-refractivity contribution is 6.34. The molecule has 0 fully saturated rings. The van der Waals surface area contributed by atoms with Crippen molar-refractivity contribution in [1.82, 2.24) is 20.6 Å². The second kappa shape index (κ2) is 9.67. The van der Waals surface area contributed by atoms with E-state index in [-0.39, 0.29) is 27.7 Å². The number of hydrogen-bond donors (Lipinski definition) is 3. The van der Waals surface area contributed by atoms with Crippen molar-refractivity contribution < 1.29 is 13.6 Å². The number of carbonyl (C=O) groups excluding carboxylic acids is 1. The number of carbonyl (C=O) groups is 1. The van der Waals surface area contributed by atoms with Gasteiger partial charge in [-0.3, -0.25) is 0 Å². The van der Waals surface area contributed by atoms with E-state index in [1.165, 1.54) is 30.6 Å². The first-order valence-corrected chi connectivity index (χ1v) is 9.63. The highest BCUT2D eigenvalue weighted by atomic mass is 35.5. The topological polar surface area (TPSA) is 78.9 Å². The van der Waals surface area contributed by atoms with Gasteiger partial charge in [-0.2, -0.15) is 0 Å². The van der Waals surface area contributed by atoms with Gasteiger partial charge in [0.2, 0.25) is 0 Å². The Bertz CT molecular complexity index is 1030. The van der Waals surface area contributed by atoms with Crippen LogP contribution in [0.25, 0.3) is 22.0 Å². The predicted molar refractivity (Wildman–Crippen MR) is 111 cm³/mol. The van der Waals surface area contributed by atoms with Crippen molar-refractivity contribution in [2.24, 2.45) is 0 Å². The third-order valence-corrected chi connectivity index (χ3v) is 4.53. The van der Waals surface area contributed by atoms with Crippen LogP contribution < -0.4 is 16.0 Å². The van der Waals surface area contributed by atoms with Crippen LogP contribution in [0.15, 0.2) is 36.7 Å². The summed E-state index contributed by atoms with van der Waals surface area (Å²) in [5, 5.41) is 8.60. The summed E-state index contributed by atoms with van der Waals surface area (Å²) in [5.41, 5.74) is 0.00898. The van der Waals surface area contributed by atoms with Crippen LogP contribution in [0.2, 0.25) is 5.02 Å². The van der Waals surface area contributed by atoms with Crippen molar-refractivity contribution in [2.75, 3.05) is 30.8 Å². The third-order valence-electron chi connectivity index (χ3n) is 4.05. The molecule has 0 aliphatic carbocycles. The number of rotatable bonds is 7. The number of nitrogens with zero attached hydrogens (tertiary/aromatic N) is 2. The zero-order valence-corrected chi connectivity index (χ0v) is 16.6. The smallest absolute Gasteiger partial charge is 0.314 e. The summed E-state index contributed by atoms with van der Waals surface area (Å²) in [6.07, 6.45) is 1.20. The van der Waals surface area contributed by atoms with Crippen molar-refractivity contribution in [2.45, 2.75) is 0 Å². The fraction of sp³-hybridized carbons (Fsp3) is 0.211. The van der Waals surface area contributed by atoms with Crippen molar-refractivity contribution in [3.8, 4) is 11.1 Å². The van der Waals surface area contributed by atoms with Crippen LogP contribution >= 0.6 is 23.2 Å². The molecule has 10 heteroatoms. The fourth-order valence-electron chi connectivity index (χ4n) is 2.76. The second-order valence-electron chi connectivity index (χ2n) is 5.94. The Morgan fingerprint density at radius 2 is 1.83 bits per heavy atom. The number of urea groups is 1. The number of anilines is 1. The summed E-state index contributed by atoms with van der Waals surface area (Å²) in [7, 11) is 0. The number of nitrogens with one attached hydrogen (secondary N) is 3. The number of halogens is 4. The van der Waals surface area contributed by atoms with Gasteiger partial charge in [0.25, 0.3) is 0 Å². The number of fused-ring (bicyclic) bond motifs is 1. The van der Waals surface area contributed by atoms with Gasteiger partial charge < -0.3 is 16.0 Å². The molecule has 0 atom stereocenters. The summed E-state index contributed by atoms with van der Waals surface area (Å²) in [6, 6.07) is 6.95. The van der Waals surface area contributed by atoms with E-state index in [0.29, 0.717) is 36.7 Å². The van der Waals surface area contributed by atoms with Crippen LogP contribution in [0.3, 0.4) is 0 Å². The monoisotopic (exact) mass is 439 g/mol. The number of benzene rings is 2. The van der Waals surface area contributed by atoms with E-state index in [1.807, 2.05) is 0 Å². The van der Waals surface area contributed by atoms with Gasteiger partial charge in [0.05, 0.1) is 5.02 Å². The third kappa shape index (κ3) is 4.83. The Hall–Kier alpha value is -2.71. The second-order valence-corrected chi connectivity index (χ2v) is 6.73. The van der Waals surface area contributed by atoms with Crippen LogP contribution in [-0.2, 0) is 0 Å². The maximum Gasteiger partial charge on any atom is 0.314 e. The summed E-state index contributed by atoms with van der Waals surface area (Å²) in [6.45, 7) is 0.983. The lowest BCUT2D eigenvalue weighted by atomic mass is 10.0. The molecule has 1 aromatic heterocycles. The number of aromatic nitrogens is 2. The quantitative estimate of drug-likeness (QED) is 0.381. The van der Waals surface area contributed by atoms with Gasteiger partial charge in [-0.1, -0.05) is 29.8 Å². The van der Waals surface area contributed by atoms with Crippen molar-refractivity contribution in [1.29, 1.82) is 0 Å². The molecule has 0 bridgehead atoms. The molecule has 0 radical (unpaired) electrons. The molecule has 2 amide bonds. The molecule has 6 nitrogen and oxygen atoms in total. The highest BCUT2D eigenvalue weighted by Gasteiger charge is 2.19. The Kier molecular flexibility index (Phi) is 7.00. The van der Waals surface area contributed by atoms with Gasteiger partial charge in [-0.15, -0.1) is 11.6 Å². The minimum Gasteiger partial charge on any atom is -0.368 e. The Morgan fingerprint density at radius 1 is 1.07 bits per heavy atom. The van der Waals surface area contributed by atoms with Crippen molar-refractivity contribution in [3.05, 3.63) is 53.3 Å². The number of alkyl halides is 1. The first-order chi connectivity index (χ1) is 14.0. The lowest BCUT2D eigenvalue weighted by Crippen LogP contribution is -2.38. The van der Waals surface area contributed by atoms with Crippen LogP contribution in [0.4, 0.5) is 19.4 Å². The molecule has 0 saturated heterocycles. The van der Waals surface area contributed by atoms with Gasteiger partial charge in [-0.25, -0.2) is 23.5 Å². The molecule has 0 unspecified atom stereocenters. The van der Waals surface area contributed by atoms with Crippen LogP contribution in [-0.4, -0.2) is 41.5 Å². The molecular formula is C19H17Cl2F2N5O. The molecular weight excluding hydrogens is 423 g/mol. The van der Waals surface area contributed by atoms with Gasteiger partial charge in [0, 0.05) is 42.0 Å². The number of amides is 2. The standard InChI is InChI=1S/C19H17Cl2F2N5O/c20-5-6-25-19(29)26-8-7-24-18-12-9-13(21)15(11-3-1-2-4-14(11)22)16(23)17(12)27-10-28-18/h1-4,9-10H,5-8H2,(H,24,27,28)(H2,25,26,29).